The number of aliphatic carboxylic acids is 1. The SMILES string of the molecule is CC1Oc2ccccc2N(CC(=O)NC(CC(F)F)C(=O)O)C1=O. The van der Waals surface area contributed by atoms with Gasteiger partial charge < -0.3 is 15.2 Å². The second-order valence-corrected chi connectivity index (χ2v) is 5.24. The normalized spacial score (nSPS) is 17.9. The van der Waals surface area contributed by atoms with Crippen molar-refractivity contribution in [2.24, 2.45) is 0 Å². The van der Waals surface area contributed by atoms with Crippen LogP contribution in [-0.4, -0.2) is 48.0 Å². The van der Waals surface area contributed by atoms with Gasteiger partial charge in [0.15, 0.2) is 6.10 Å². The third-order valence-corrected chi connectivity index (χ3v) is 3.42. The number of anilines is 1. The van der Waals surface area contributed by atoms with Crippen LogP contribution in [0.2, 0.25) is 0 Å². The van der Waals surface area contributed by atoms with Gasteiger partial charge >= 0.3 is 5.97 Å². The first-order chi connectivity index (χ1) is 11.3. The molecule has 2 amide bonds. The van der Waals surface area contributed by atoms with Gasteiger partial charge in [0, 0.05) is 6.42 Å². The van der Waals surface area contributed by atoms with Crippen LogP contribution in [0.5, 0.6) is 5.75 Å². The van der Waals surface area contributed by atoms with Gasteiger partial charge in [-0.25, -0.2) is 13.6 Å². The molecule has 0 aliphatic carbocycles. The van der Waals surface area contributed by atoms with Crippen molar-refractivity contribution >= 4 is 23.5 Å². The van der Waals surface area contributed by atoms with Crippen LogP contribution in [0.25, 0.3) is 0 Å². The quantitative estimate of drug-likeness (QED) is 0.805. The molecule has 0 saturated carbocycles. The van der Waals surface area contributed by atoms with Crippen molar-refractivity contribution in [1.82, 2.24) is 5.32 Å². The van der Waals surface area contributed by atoms with E-state index in [9.17, 15) is 23.2 Å². The summed E-state index contributed by atoms with van der Waals surface area (Å²) in [5.74, 6) is -2.49. The average molecular weight is 342 g/mol. The number of rotatable bonds is 6. The van der Waals surface area contributed by atoms with E-state index in [-0.39, 0.29) is 0 Å². The van der Waals surface area contributed by atoms with Gasteiger partial charge in [0.2, 0.25) is 12.3 Å². The number of benzene rings is 1. The van der Waals surface area contributed by atoms with E-state index >= 15 is 0 Å². The Morgan fingerprint density at radius 1 is 1.38 bits per heavy atom. The fourth-order valence-corrected chi connectivity index (χ4v) is 2.31. The highest BCUT2D eigenvalue weighted by molar-refractivity contribution is 6.04. The molecule has 9 heteroatoms. The zero-order chi connectivity index (χ0) is 17.9. The third kappa shape index (κ3) is 3.98. The molecule has 2 N–H and O–H groups in total. The number of ether oxygens (including phenoxy) is 1. The summed E-state index contributed by atoms with van der Waals surface area (Å²) in [5, 5.41) is 10.9. The van der Waals surface area contributed by atoms with E-state index in [1.165, 1.54) is 6.92 Å². The van der Waals surface area contributed by atoms with Crippen molar-refractivity contribution in [3.8, 4) is 5.75 Å². The number of halogens is 2. The lowest BCUT2D eigenvalue weighted by molar-refractivity contribution is -0.142. The van der Waals surface area contributed by atoms with Crippen molar-refractivity contribution in [3.63, 3.8) is 0 Å². The van der Waals surface area contributed by atoms with Crippen LogP contribution in [0.3, 0.4) is 0 Å². The van der Waals surface area contributed by atoms with Crippen LogP contribution in [-0.2, 0) is 14.4 Å². The molecule has 0 radical (unpaired) electrons. The first kappa shape index (κ1) is 17.6. The van der Waals surface area contributed by atoms with Gasteiger partial charge in [-0.2, -0.15) is 0 Å². The zero-order valence-electron chi connectivity index (χ0n) is 12.7. The number of nitrogens with zero attached hydrogens (tertiary/aromatic N) is 1. The van der Waals surface area contributed by atoms with Crippen LogP contribution in [0, 0.1) is 0 Å². The molecule has 0 aromatic heterocycles. The summed E-state index contributed by atoms with van der Waals surface area (Å²) in [6.45, 7) is 1.02. The molecule has 2 atom stereocenters. The Morgan fingerprint density at radius 3 is 2.67 bits per heavy atom. The highest BCUT2D eigenvalue weighted by atomic mass is 19.3. The molecule has 1 aromatic carbocycles. The number of nitrogens with one attached hydrogen (secondary N) is 1. The number of hydrogen-bond donors (Lipinski definition) is 2. The summed E-state index contributed by atoms with van der Waals surface area (Å²) >= 11 is 0. The molecule has 0 bridgehead atoms. The Balaban J connectivity index is 2.13. The third-order valence-electron chi connectivity index (χ3n) is 3.42. The minimum Gasteiger partial charge on any atom is -0.480 e. The molecule has 2 unspecified atom stereocenters. The highest BCUT2D eigenvalue weighted by Crippen LogP contribution is 2.33. The smallest absolute Gasteiger partial charge is 0.326 e. The number of carboxylic acids is 1. The number of carbonyl (C=O) groups excluding carboxylic acids is 2. The van der Waals surface area contributed by atoms with Gasteiger partial charge in [0.05, 0.1) is 5.69 Å². The minimum absolute atomic E-state index is 0.358. The summed E-state index contributed by atoms with van der Waals surface area (Å²) in [7, 11) is 0. The Hall–Kier alpha value is -2.71. The molecule has 2 rings (SSSR count). The molecule has 130 valence electrons. The molecular formula is C15H16F2N2O5. The van der Waals surface area contributed by atoms with Gasteiger partial charge in [0.1, 0.15) is 18.3 Å². The monoisotopic (exact) mass is 342 g/mol. The minimum atomic E-state index is -2.88. The van der Waals surface area contributed by atoms with E-state index in [1.807, 2.05) is 5.32 Å². The van der Waals surface area contributed by atoms with E-state index in [1.54, 1.807) is 24.3 Å². The average Bonchev–Trinajstić information content (AvgIpc) is 2.50. The number of hydrogen-bond acceptors (Lipinski definition) is 4. The lowest BCUT2D eigenvalue weighted by atomic mass is 10.1. The topological polar surface area (TPSA) is 95.9 Å². The van der Waals surface area contributed by atoms with Crippen molar-refractivity contribution in [3.05, 3.63) is 24.3 Å². The molecule has 0 fully saturated rings. The van der Waals surface area contributed by atoms with Crippen LogP contribution in [0.4, 0.5) is 14.5 Å². The zero-order valence-corrected chi connectivity index (χ0v) is 12.7. The van der Waals surface area contributed by atoms with Crippen LogP contribution in [0.1, 0.15) is 13.3 Å². The molecule has 1 aliphatic rings. The number of alkyl halides is 2. The predicted molar refractivity (Wildman–Crippen MR) is 79.1 cm³/mol. The molecule has 0 spiro atoms. The summed E-state index contributed by atoms with van der Waals surface area (Å²) < 4.78 is 30.1. The second kappa shape index (κ2) is 7.24. The number of carbonyl (C=O) groups is 3. The second-order valence-electron chi connectivity index (χ2n) is 5.24. The summed E-state index contributed by atoms with van der Waals surface area (Å²) in [6, 6.07) is 4.82. The van der Waals surface area contributed by atoms with Gasteiger partial charge in [-0.05, 0) is 19.1 Å². The molecular weight excluding hydrogens is 326 g/mol. The van der Waals surface area contributed by atoms with E-state index in [2.05, 4.69) is 0 Å². The molecule has 0 saturated heterocycles. The molecule has 1 aromatic rings. The van der Waals surface area contributed by atoms with E-state index in [4.69, 9.17) is 9.84 Å². The Morgan fingerprint density at radius 2 is 2.04 bits per heavy atom. The Labute approximate surface area is 136 Å². The first-order valence-electron chi connectivity index (χ1n) is 7.17. The van der Waals surface area contributed by atoms with E-state index in [0.717, 1.165) is 4.90 Å². The van der Waals surface area contributed by atoms with Crippen LogP contribution < -0.4 is 15.0 Å². The van der Waals surface area contributed by atoms with E-state index < -0.39 is 49.3 Å². The summed E-state index contributed by atoms with van der Waals surface area (Å²) in [4.78, 5) is 36.3. The lowest BCUT2D eigenvalue weighted by Crippen LogP contribution is -2.51. The van der Waals surface area contributed by atoms with Gasteiger partial charge in [-0.15, -0.1) is 0 Å². The predicted octanol–water partition coefficient (Wildman–Crippen LogP) is 1.03. The summed E-state index contributed by atoms with van der Waals surface area (Å²) in [6.07, 6.45) is -4.70. The fraction of sp³-hybridized carbons (Fsp3) is 0.400. The maximum Gasteiger partial charge on any atom is 0.326 e. The standard InChI is InChI=1S/C15H16F2N2O5/c1-8-14(21)19(10-4-2-3-5-11(10)24-8)7-13(20)18-9(15(22)23)6-12(16)17/h2-5,8-9,12H,6-7H2,1H3,(H,18,20)(H,22,23). The number of para-hydroxylation sites is 2. The molecule has 1 aliphatic heterocycles. The molecule has 24 heavy (non-hydrogen) atoms. The molecule has 1 heterocycles. The van der Waals surface area contributed by atoms with Crippen molar-refractivity contribution < 1.29 is 33.0 Å². The Bertz CT molecular complexity index is 653. The van der Waals surface area contributed by atoms with E-state index in [0.29, 0.717) is 11.4 Å². The van der Waals surface area contributed by atoms with Crippen molar-refractivity contribution in [2.75, 3.05) is 11.4 Å². The van der Waals surface area contributed by atoms with Gasteiger partial charge in [0.25, 0.3) is 5.91 Å². The van der Waals surface area contributed by atoms with Gasteiger partial charge in [-0.1, -0.05) is 12.1 Å². The van der Waals surface area contributed by atoms with Crippen LogP contribution >= 0.6 is 0 Å². The fourth-order valence-electron chi connectivity index (χ4n) is 2.31. The summed E-state index contributed by atoms with van der Waals surface area (Å²) in [5.41, 5.74) is 0.358. The Kier molecular flexibility index (Phi) is 5.32. The van der Waals surface area contributed by atoms with Crippen LogP contribution in [0.15, 0.2) is 24.3 Å². The van der Waals surface area contributed by atoms with Gasteiger partial charge in [-0.3, -0.25) is 14.5 Å². The van der Waals surface area contributed by atoms with Crippen molar-refractivity contribution in [2.45, 2.75) is 31.9 Å². The number of fused-ring (bicyclic) bond motifs is 1. The lowest BCUT2D eigenvalue weighted by Gasteiger charge is -2.32. The largest absolute Gasteiger partial charge is 0.480 e. The highest BCUT2D eigenvalue weighted by Gasteiger charge is 2.33. The molecule has 7 nitrogen and oxygen atoms in total. The first-order valence-corrected chi connectivity index (χ1v) is 7.17. The maximum absolute atomic E-state index is 12.4. The number of amides is 2. The number of carboxylic acid groups (broad SMARTS) is 1. The van der Waals surface area contributed by atoms with Crippen molar-refractivity contribution in [1.29, 1.82) is 0 Å². The maximum atomic E-state index is 12.4.